The Morgan fingerprint density at radius 1 is 1.41 bits per heavy atom. The molecule has 118 valence electrons. The number of amides is 2. The Hall–Kier alpha value is -1.53. The summed E-state index contributed by atoms with van der Waals surface area (Å²) in [4.78, 5) is 27.3. The SMILES string of the molecule is C[C@H]1CN(C(=O)c2ccc3c(c2)NC(=O)CCS3)[C@@H](C)CO1. The van der Waals surface area contributed by atoms with Gasteiger partial charge in [-0.15, -0.1) is 11.8 Å². The van der Waals surface area contributed by atoms with E-state index in [1.807, 2.05) is 30.9 Å². The van der Waals surface area contributed by atoms with Crippen LogP contribution < -0.4 is 5.32 Å². The van der Waals surface area contributed by atoms with Gasteiger partial charge in [-0.1, -0.05) is 0 Å². The fourth-order valence-electron chi connectivity index (χ4n) is 2.70. The molecular weight excluding hydrogens is 300 g/mol. The maximum Gasteiger partial charge on any atom is 0.254 e. The summed E-state index contributed by atoms with van der Waals surface area (Å²) >= 11 is 1.64. The highest BCUT2D eigenvalue weighted by Gasteiger charge is 2.28. The Kier molecular flexibility index (Phi) is 4.40. The topological polar surface area (TPSA) is 58.6 Å². The molecule has 2 amide bonds. The highest BCUT2D eigenvalue weighted by Crippen LogP contribution is 2.32. The molecule has 0 aliphatic carbocycles. The number of thioether (sulfide) groups is 1. The molecule has 1 aromatic carbocycles. The monoisotopic (exact) mass is 320 g/mol. The lowest BCUT2D eigenvalue weighted by Gasteiger charge is -2.37. The number of fused-ring (bicyclic) bond motifs is 1. The van der Waals surface area contributed by atoms with E-state index in [1.165, 1.54) is 0 Å². The minimum Gasteiger partial charge on any atom is -0.375 e. The first-order valence-electron chi connectivity index (χ1n) is 7.54. The quantitative estimate of drug-likeness (QED) is 0.863. The van der Waals surface area contributed by atoms with E-state index in [2.05, 4.69) is 5.32 Å². The van der Waals surface area contributed by atoms with Crippen molar-refractivity contribution in [3.63, 3.8) is 0 Å². The van der Waals surface area contributed by atoms with Crippen LogP contribution in [-0.2, 0) is 9.53 Å². The molecule has 22 heavy (non-hydrogen) atoms. The van der Waals surface area contributed by atoms with Crippen LogP contribution in [0.15, 0.2) is 23.1 Å². The molecule has 0 bridgehead atoms. The Bertz CT molecular complexity index is 605. The fourth-order valence-corrected chi connectivity index (χ4v) is 3.64. The second-order valence-electron chi connectivity index (χ2n) is 5.81. The third kappa shape index (κ3) is 3.13. The van der Waals surface area contributed by atoms with Gasteiger partial charge in [0.25, 0.3) is 5.91 Å². The normalized spacial score (nSPS) is 25.2. The van der Waals surface area contributed by atoms with Gasteiger partial charge in [-0.3, -0.25) is 9.59 Å². The average Bonchev–Trinajstić information content (AvgIpc) is 2.68. The van der Waals surface area contributed by atoms with Crippen LogP contribution in [0, 0.1) is 0 Å². The third-order valence-corrected chi connectivity index (χ3v) is 5.03. The molecule has 1 aromatic rings. The van der Waals surface area contributed by atoms with Crippen LogP contribution in [0.5, 0.6) is 0 Å². The molecule has 0 spiro atoms. The summed E-state index contributed by atoms with van der Waals surface area (Å²) in [5.41, 5.74) is 1.36. The van der Waals surface area contributed by atoms with Gasteiger partial charge in [0.1, 0.15) is 0 Å². The molecule has 2 aliphatic heterocycles. The molecule has 2 aliphatic rings. The van der Waals surface area contributed by atoms with Crippen molar-refractivity contribution in [3.8, 4) is 0 Å². The molecule has 0 radical (unpaired) electrons. The lowest BCUT2D eigenvalue weighted by Crippen LogP contribution is -2.50. The summed E-state index contributed by atoms with van der Waals surface area (Å²) in [6.45, 7) is 5.12. The van der Waals surface area contributed by atoms with E-state index in [0.717, 1.165) is 16.3 Å². The van der Waals surface area contributed by atoms with Gasteiger partial charge in [0, 0.05) is 29.2 Å². The largest absolute Gasteiger partial charge is 0.375 e. The Balaban J connectivity index is 1.85. The van der Waals surface area contributed by atoms with Crippen molar-refractivity contribution in [2.24, 2.45) is 0 Å². The summed E-state index contributed by atoms with van der Waals surface area (Å²) in [6, 6.07) is 5.62. The van der Waals surface area contributed by atoms with Crippen molar-refractivity contribution in [2.45, 2.75) is 37.3 Å². The smallest absolute Gasteiger partial charge is 0.254 e. The first-order chi connectivity index (χ1) is 10.5. The predicted octanol–water partition coefficient (Wildman–Crippen LogP) is 2.37. The van der Waals surface area contributed by atoms with Crippen molar-refractivity contribution in [2.75, 3.05) is 24.2 Å². The number of carbonyl (C=O) groups is 2. The van der Waals surface area contributed by atoms with Gasteiger partial charge in [-0.05, 0) is 32.0 Å². The minimum atomic E-state index is -0.00561. The van der Waals surface area contributed by atoms with Gasteiger partial charge in [0.15, 0.2) is 0 Å². The van der Waals surface area contributed by atoms with Gasteiger partial charge in [0.2, 0.25) is 5.91 Å². The number of benzene rings is 1. The van der Waals surface area contributed by atoms with E-state index < -0.39 is 0 Å². The second-order valence-corrected chi connectivity index (χ2v) is 6.94. The molecule has 6 heteroatoms. The molecule has 1 saturated heterocycles. The molecule has 0 unspecified atom stereocenters. The third-order valence-electron chi connectivity index (χ3n) is 3.96. The van der Waals surface area contributed by atoms with Crippen LogP contribution in [0.25, 0.3) is 0 Å². The number of nitrogens with zero attached hydrogens (tertiary/aromatic N) is 1. The molecule has 1 fully saturated rings. The zero-order valence-corrected chi connectivity index (χ0v) is 13.6. The van der Waals surface area contributed by atoms with Crippen LogP contribution in [-0.4, -0.2) is 47.8 Å². The van der Waals surface area contributed by atoms with Crippen LogP contribution in [0.4, 0.5) is 5.69 Å². The van der Waals surface area contributed by atoms with Crippen LogP contribution in [0.3, 0.4) is 0 Å². The molecular formula is C16H20N2O3S. The van der Waals surface area contributed by atoms with Gasteiger partial charge >= 0.3 is 0 Å². The first-order valence-corrected chi connectivity index (χ1v) is 8.52. The lowest BCUT2D eigenvalue weighted by molar-refractivity contribution is -0.115. The fraction of sp³-hybridized carbons (Fsp3) is 0.500. The number of rotatable bonds is 1. The van der Waals surface area contributed by atoms with Crippen molar-refractivity contribution >= 4 is 29.3 Å². The van der Waals surface area contributed by atoms with E-state index in [-0.39, 0.29) is 24.0 Å². The number of carbonyl (C=O) groups excluding carboxylic acids is 2. The minimum absolute atomic E-state index is 0.00390. The standard InChI is InChI=1S/C16H20N2O3S/c1-10-9-21-11(2)8-18(10)16(20)12-3-4-14-13(7-12)17-15(19)5-6-22-14/h3-4,7,10-11H,5-6,8-9H2,1-2H3,(H,17,19)/t10-,11-/m0/s1. The molecule has 3 rings (SSSR count). The van der Waals surface area contributed by atoms with Crippen molar-refractivity contribution < 1.29 is 14.3 Å². The maximum absolute atomic E-state index is 12.8. The lowest BCUT2D eigenvalue weighted by atomic mass is 10.1. The molecule has 0 aromatic heterocycles. The summed E-state index contributed by atoms with van der Waals surface area (Å²) in [6.07, 6.45) is 0.553. The predicted molar refractivity (Wildman–Crippen MR) is 86.3 cm³/mol. The van der Waals surface area contributed by atoms with Crippen molar-refractivity contribution in [3.05, 3.63) is 23.8 Å². The number of anilines is 1. The Labute approximate surface area is 134 Å². The van der Waals surface area contributed by atoms with E-state index in [1.54, 1.807) is 17.8 Å². The van der Waals surface area contributed by atoms with E-state index >= 15 is 0 Å². The van der Waals surface area contributed by atoms with Crippen LogP contribution in [0.1, 0.15) is 30.6 Å². The first kappa shape index (κ1) is 15.4. The summed E-state index contributed by atoms with van der Waals surface area (Å²) in [5, 5.41) is 2.89. The van der Waals surface area contributed by atoms with Gasteiger partial charge in [-0.25, -0.2) is 0 Å². The van der Waals surface area contributed by atoms with Crippen LogP contribution >= 0.6 is 11.8 Å². The van der Waals surface area contributed by atoms with Crippen molar-refractivity contribution in [1.29, 1.82) is 0 Å². The van der Waals surface area contributed by atoms with E-state index in [4.69, 9.17) is 4.74 Å². The molecule has 2 heterocycles. The maximum atomic E-state index is 12.8. The van der Waals surface area contributed by atoms with Crippen molar-refractivity contribution in [1.82, 2.24) is 4.90 Å². The summed E-state index contributed by atoms with van der Waals surface area (Å²) in [5.74, 6) is 0.766. The molecule has 0 saturated carbocycles. The number of nitrogens with one attached hydrogen (secondary N) is 1. The van der Waals surface area contributed by atoms with Crippen LogP contribution in [0.2, 0.25) is 0 Å². The van der Waals surface area contributed by atoms with Gasteiger partial charge in [-0.2, -0.15) is 0 Å². The zero-order chi connectivity index (χ0) is 15.7. The number of ether oxygens (including phenoxy) is 1. The Morgan fingerprint density at radius 3 is 3.05 bits per heavy atom. The van der Waals surface area contributed by atoms with E-state index in [0.29, 0.717) is 25.1 Å². The second kappa shape index (κ2) is 6.30. The van der Waals surface area contributed by atoms with Gasteiger partial charge in [0.05, 0.1) is 24.4 Å². The average molecular weight is 320 g/mol. The number of morpholine rings is 1. The zero-order valence-electron chi connectivity index (χ0n) is 12.8. The molecule has 5 nitrogen and oxygen atoms in total. The molecule has 1 N–H and O–H groups in total. The summed E-state index contributed by atoms with van der Waals surface area (Å²) in [7, 11) is 0. The van der Waals surface area contributed by atoms with E-state index in [9.17, 15) is 9.59 Å². The highest BCUT2D eigenvalue weighted by atomic mass is 32.2. The summed E-state index contributed by atoms with van der Waals surface area (Å²) < 4.78 is 5.57. The Morgan fingerprint density at radius 2 is 2.23 bits per heavy atom. The van der Waals surface area contributed by atoms with Gasteiger partial charge < -0.3 is 15.0 Å². The molecule has 2 atom stereocenters. The highest BCUT2D eigenvalue weighted by molar-refractivity contribution is 7.99. The number of hydrogen-bond acceptors (Lipinski definition) is 4. The number of hydrogen-bond donors (Lipinski definition) is 1.